The molecule has 3 aromatic rings. The van der Waals surface area contributed by atoms with Gasteiger partial charge < -0.3 is 15.0 Å². The van der Waals surface area contributed by atoms with E-state index >= 15 is 0 Å². The fourth-order valence-corrected chi connectivity index (χ4v) is 3.36. The quantitative estimate of drug-likeness (QED) is 0.501. The molecule has 0 fully saturated rings. The predicted molar refractivity (Wildman–Crippen MR) is 101 cm³/mol. The molecule has 0 aliphatic heterocycles. The van der Waals surface area contributed by atoms with Crippen LogP contribution in [-0.2, 0) is 16.1 Å². The Balaban J connectivity index is 1.68. The average Bonchev–Trinajstić information content (AvgIpc) is 3.12. The number of hydrogen-bond donors (Lipinski definition) is 2. The van der Waals surface area contributed by atoms with Gasteiger partial charge in [0.2, 0.25) is 17.2 Å². The average molecular weight is 384 g/mol. The van der Waals surface area contributed by atoms with Gasteiger partial charge in [-0.3, -0.25) is 14.4 Å². The number of amides is 1. The molecule has 0 radical (unpaired) electrons. The third kappa shape index (κ3) is 4.48. The molecular formula is C19H16N2O5S. The summed E-state index contributed by atoms with van der Waals surface area (Å²) in [6.07, 6.45) is 0. The summed E-state index contributed by atoms with van der Waals surface area (Å²) >= 11 is 1.22. The molecule has 0 spiro atoms. The van der Waals surface area contributed by atoms with Crippen LogP contribution in [0.3, 0.4) is 0 Å². The topological polar surface area (TPSA) is 105 Å². The number of fused-ring (bicyclic) bond motifs is 1. The van der Waals surface area contributed by atoms with Crippen molar-refractivity contribution in [3.8, 4) is 0 Å². The van der Waals surface area contributed by atoms with Gasteiger partial charge in [0.25, 0.3) is 0 Å². The highest BCUT2D eigenvalue weighted by atomic mass is 32.1. The number of ether oxygens (including phenoxy) is 1. The minimum absolute atomic E-state index is 0.111. The van der Waals surface area contributed by atoms with Crippen molar-refractivity contribution >= 4 is 39.9 Å². The number of H-pyrrole nitrogens is 1. The highest BCUT2D eigenvalue weighted by Crippen LogP contribution is 2.18. The molecule has 138 valence electrons. The molecule has 1 amide bonds. The Bertz CT molecular complexity index is 1080. The Labute approximate surface area is 158 Å². The van der Waals surface area contributed by atoms with Crippen LogP contribution in [0.1, 0.15) is 31.8 Å². The molecule has 0 saturated heterocycles. The molecule has 0 bridgehead atoms. The van der Waals surface area contributed by atoms with Crippen molar-refractivity contribution in [3.63, 3.8) is 0 Å². The third-order valence-corrected chi connectivity index (χ3v) is 4.88. The van der Waals surface area contributed by atoms with E-state index in [9.17, 15) is 19.2 Å². The molecule has 2 aromatic heterocycles. The smallest absolute Gasteiger partial charge is 0.339 e. The molecule has 8 heteroatoms. The number of esters is 1. The number of carbonyl (C=O) groups is 3. The number of aromatic nitrogens is 1. The lowest BCUT2D eigenvalue weighted by Gasteiger charge is -2.06. The minimum atomic E-state index is -0.735. The summed E-state index contributed by atoms with van der Waals surface area (Å²) in [6, 6.07) is 11.4. The molecule has 7 nitrogen and oxygen atoms in total. The molecule has 1 aromatic carbocycles. The van der Waals surface area contributed by atoms with Crippen LogP contribution in [0, 0.1) is 0 Å². The maximum Gasteiger partial charge on any atom is 0.339 e. The number of rotatable bonds is 6. The first-order chi connectivity index (χ1) is 12.9. The molecule has 3 rings (SSSR count). The summed E-state index contributed by atoms with van der Waals surface area (Å²) in [7, 11) is 0. The fraction of sp³-hybridized carbons (Fsp3) is 0.158. The zero-order chi connectivity index (χ0) is 19.4. The first-order valence-electron chi connectivity index (χ1n) is 8.09. The molecule has 27 heavy (non-hydrogen) atoms. The summed E-state index contributed by atoms with van der Waals surface area (Å²) < 4.78 is 5.11. The number of hydrogen-bond acceptors (Lipinski definition) is 6. The summed E-state index contributed by atoms with van der Waals surface area (Å²) in [4.78, 5) is 51.1. The molecule has 0 saturated carbocycles. The maximum atomic E-state index is 12.4. The number of benzene rings is 1. The fourth-order valence-electron chi connectivity index (χ4n) is 2.49. The van der Waals surface area contributed by atoms with Crippen molar-refractivity contribution in [2.75, 3.05) is 6.61 Å². The summed E-state index contributed by atoms with van der Waals surface area (Å²) in [6.45, 7) is 1.32. The van der Waals surface area contributed by atoms with Crippen LogP contribution in [0.5, 0.6) is 0 Å². The van der Waals surface area contributed by atoms with E-state index in [0.29, 0.717) is 22.3 Å². The third-order valence-electron chi connectivity index (χ3n) is 3.75. The lowest BCUT2D eigenvalue weighted by Crippen LogP contribution is -2.18. The molecule has 2 heterocycles. The lowest BCUT2D eigenvalue weighted by atomic mass is 10.1. The SMILES string of the molecule is CC(=O)NCc1ccc(C(=O)COC(=O)c2cc(=O)[nH]c3ccccc23)s1. The van der Waals surface area contributed by atoms with Gasteiger partial charge in [-0.25, -0.2) is 4.79 Å². The molecule has 2 N–H and O–H groups in total. The van der Waals surface area contributed by atoms with Gasteiger partial charge in [-0.05, 0) is 18.2 Å². The molecule has 0 unspecified atom stereocenters. The van der Waals surface area contributed by atoms with Crippen molar-refractivity contribution in [1.82, 2.24) is 10.3 Å². The van der Waals surface area contributed by atoms with E-state index in [1.807, 2.05) is 0 Å². The maximum absolute atomic E-state index is 12.4. The lowest BCUT2D eigenvalue weighted by molar-refractivity contribution is -0.119. The number of para-hydroxylation sites is 1. The van der Waals surface area contributed by atoms with E-state index < -0.39 is 18.1 Å². The van der Waals surface area contributed by atoms with Crippen LogP contribution in [-0.4, -0.2) is 29.3 Å². The van der Waals surface area contributed by atoms with Crippen molar-refractivity contribution in [1.29, 1.82) is 0 Å². The number of aromatic amines is 1. The second kappa shape index (κ2) is 7.96. The Morgan fingerprint density at radius 3 is 2.70 bits per heavy atom. The second-order valence-electron chi connectivity index (χ2n) is 5.77. The van der Waals surface area contributed by atoms with Crippen LogP contribution in [0.2, 0.25) is 0 Å². The summed E-state index contributed by atoms with van der Waals surface area (Å²) in [5.74, 6) is -1.24. The van der Waals surface area contributed by atoms with E-state index in [2.05, 4.69) is 10.3 Å². The minimum Gasteiger partial charge on any atom is -0.454 e. The van der Waals surface area contributed by atoms with E-state index in [1.54, 1.807) is 36.4 Å². The number of carbonyl (C=O) groups excluding carboxylic acids is 3. The molecule has 0 atom stereocenters. The highest BCUT2D eigenvalue weighted by Gasteiger charge is 2.16. The second-order valence-corrected chi connectivity index (χ2v) is 6.94. The van der Waals surface area contributed by atoms with E-state index in [1.165, 1.54) is 18.3 Å². The number of nitrogens with one attached hydrogen (secondary N) is 2. The van der Waals surface area contributed by atoms with Crippen LogP contribution < -0.4 is 10.9 Å². The van der Waals surface area contributed by atoms with Gasteiger partial charge in [-0.15, -0.1) is 11.3 Å². The van der Waals surface area contributed by atoms with Gasteiger partial charge in [0, 0.05) is 28.8 Å². The number of Topliss-reactive ketones (excluding diaryl/α,β-unsaturated/α-hetero) is 1. The van der Waals surface area contributed by atoms with Crippen LogP contribution >= 0.6 is 11.3 Å². The van der Waals surface area contributed by atoms with Gasteiger partial charge in [0.05, 0.1) is 17.0 Å². The summed E-state index contributed by atoms with van der Waals surface area (Å²) in [5.41, 5.74) is 0.205. The van der Waals surface area contributed by atoms with Gasteiger partial charge >= 0.3 is 5.97 Å². The van der Waals surface area contributed by atoms with Gasteiger partial charge in [-0.1, -0.05) is 18.2 Å². The number of ketones is 1. The zero-order valence-corrected chi connectivity index (χ0v) is 15.2. The normalized spacial score (nSPS) is 10.6. The van der Waals surface area contributed by atoms with Crippen LogP contribution in [0.4, 0.5) is 0 Å². The monoisotopic (exact) mass is 384 g/mol. The first kappa shape index (κ1) is 18.5. The number of pyridine rings is 1. The van der Waals surface area contributed by atoms with Crippen LogP contribution in [0.25, 0.3) is 10.9 Å². The standard InChI is InChI=1S/C19H16N2O5S/c1-11(22)20-9-12-6-7-17(27-12)16(23)10-26-19(25)14-8-18(24)21-15-5-3-2-4-13(14)15/h2-8H,9-10H2,1H3,(H,20,22)(H,21,24). The highest BCUT2D eigenvalue weighted by molar-refractivity contribution is 7.14. The van der Waals surface area contributed by atoms with Crippen molar-refractivity contribution in [2.45, 2.75) is 13.5 Å². The Hall–Kier alpha value is -3.26. The molecule has 0 aliphatic carbocycles. The number of thiophene rings is 1. The Morgan fingerprint density at radius 2 is 1.93 bits per heavy atom. The van der Waals surface area contributed by atoms with E-state index in [4.69, 9.17) is 4.74 Å². The summed E-state index contributed by atoms with van der Waals surface area (Å²) in [5, 5.41) is 3.20. The Kier molecular flexibility index (Phi) is 5.46. The van der Waals surface area contributed by atoms with Gasteiger partial charge in [0.1, 0.15) is 0 Å². The van der Waals surface area contributed by atoms with Crippen molar-refractivity contribution in [2.24, 2.45) is 0 Å². The van der Waals surface area contributed by atoms with Gasteiger partial charge in [0.15, 0.2) is 6.61 Å². The van der Waals surface area contributed by atoms with E-state index in [0.717, 1.165) is 10.9 Å². The molecular weight excluding hydrogens is 368 g/mol. The molecule has 0 aliphatic rings. The predicted octanol–water partition coefficient (Wildman–Crippen LogP) is 2.27. The van der Waals surface area contributed by atoms with Crippen LogP contribution in [0.15, 0.2) is 47.3 Å². The zero-order valence-electron chi connectivity index (χ0n) is 14.4. The van der Waals surface area contributed by atoms with E-state index in [-0.39, 0.29) is 17.3 Å². The largest absolute Gasteiger partial charge is 0.454 e. The van der Waals surface area contributed by atoms with Crippen molar-refractivity contribution in [3.05, 3.63) is 68.1 Å². The van der Waals surface area contributed by atoms with Crippen molar-refractivity contribution < 1.29 is 19.1 Å². The Morgan fingerprint density at radius 1 is 1.15 bits per heavy atom. The van der Waals surface area contributed by atoms with Gasteiger partial charge in [-0.2, -0.15) is 0 Å². The first-order valence-corrected chi connectivity index (χ1v) is 8.91.